The van der Waals surface area contributed by atoms with Crippen LogP contribution in [0.3, 0.4) is 0 Å². The molecule has 2 aliphatic rings. The second kappa shape index (κ2) is 4.63. The maximum Gasteiger partial charge on any atom is 0.0250 e. The van der Waals surface area contributed by atoms with Crippen LogP contribution in [-0.2, 0) is 0 Å². The first-order valence-electron chi connectivity index (χ1n) is 6.25. The predicted molar refractivity (Wildman–Crippen MR) is 60.5 cm³/mol. The quantitative estimate of drug-likeness (QED) is 0.725. The van der Waals surface area contributed by atoms with E-state index in [9.17, 15) is 0 Å². The lowest BCUT2D eigenvalue weighted by Gasteiger charge is -2.45. The molecule has 2 nitrogen and oxygen atoms in total. The molecule has 0 aromatic rings. The summed E-state index contributed by atoms with van der Waals surface area (Å²) in [7, 11) is 0. The topological polar surface area (TPSA) is 15.3 Å². The van der Waals surface area contributed by atoms with Crippen LogP contribution in [0, 0.1) is 5.92 Å². The van der Waals surface area contributed by atoms with E-state index in [1.807, 2.05) is 0 Å². The molecule has 1 aliphatic heterocycles. The van der Waals surface area contributed by atoms with Gasteiger partial charge in [-0.15, -0.1) is 0 Å². The second-order valence-electron chi connectivity index (χ2n) is 5.30. The Kier molecular flexibility index (Phi) is 3.45. The molecule has 1 saturated carbocycles. The van der Waals surface area contributed by atoms with Crippen molar-refractivity contribution in [1.29, 1.82) is 0 Å². The van der Waals surface area contributed by atoms with E-state index in [0.717, 1.165) is 18.0 Å². The first-order chi connectivity index (χ1) is 6.77. The number of rotatable bonds is 2. The van der Waals surface area contributed by atoms with Gasteiger partial charge in [0.15, 0.2) is 0 Å². The highest BCUT2D eigenvalue weighted by atomic mass is 15.2. The molecule has 0 unspecified atom stereocenters. The van der Waals surface area contributed by atoms with E-state index in [2.05, 4.69) is 24.1 Å². The standard InChI is InChI=1S/C12H24N2/c1-10(2)9-14-8-7-13-11-5-3-4-6-12(11)14/h10-13H,3-9H2,1-2H3/t11-,12-/m1/s1. The van der Waals surface area contributed by atoms with Crippen molar-refractivity contribution >= 4 is 0 Å². The van der Waals surface area contributed by atoms with E-state index < -0.39 is 0 Å². The Morgan fingerprint density at radius 1 is 1.29 bits per heavy atom. The highest BCUT2D eigenvalue weighted by Gasteiger charge is 2.32. The van der Waals surface area contributed by atoms with Gasteiger partial charge in [-0.3, -0.25) is 4.90 Å². The van der Waals surface area contributed by atoms with Crippen LogP contribution in [0.4, 0.5) is 0 Å². The van der Waals surface area contributed by atoms with Gasteiger partial charge in [0.1, 0.15) is 0 Å². The molecule has 1 N–H and O–H groups in total. The molecule has 1 aliphatic carbocycles. The van der Waals surface area contributed by atoms with Crippen molar-refractivity contribution in [2.75, 3.05) is 19.6 Å². The van der Waals surface area contributed by atoms with Gasteiger partial charge in [-0.1, -0.05) is 26.7 Å². The van der Waals surface area contributed by atoms with Crippen molar-refractivity contribution < 1.29 is 0 Å². The van der Waals surface area contributed by atoms with Gasteiger partial charge in [-0.2, -0.15) is 0 Å². The summed E-state index contributed by atoms with van der Waals surface area (Å²) in [6.07, 6.45) is 5.70. The summed E-state index contributed by atoms with van der Waals surface area (Å²) in [5.41, 5.74) is 0. The molecule has 2 heteroatoms. The summed E-state index contributed by atoms with van der Waals surface area (Å²) in [5, 5.41) is 3.68. The fourth-order valence-electron chi connectivity index (χ4n) is 3.04. The molecule has 1 heterocycles. The number of nitrogens with zero attached hydrogens (tertiary/aromatic N) is 1. The molecule has 2 atom stereocenters. The number of nitrogens with one attached hydrogen (secondary N) is 1. The minimum Gasteiger partial charge on any atom is -0.311 e. The average molecular weight is 196 g/mol. The van der Waals surface area contributed by atoms with Crippen molar-refractivity contribution in [3.05, 3.63) is 0 Å². The Morgan fingerprint density at radius 2 is 2.07 bits per heavy atom. The minimum atomic E-state index is 0.802. The van der Waals surface area contributed by atoms with Gasteiger partial charge in [-0.05, 0) is 18.8 Å². The molecule has 0 bridgehead atoms. The molecule has 0 amide bonds. The zero-order valence-corrected chi connectivity index (χ0v) is 9.63. The van der Waals surface area contributed by atoms with E-state index in [-0.39, 0.29) is 0 Å². The van der Waals surface area contributed by atoms with Crippen molar-refractivity contribution in [3.63, 3.8) is 0 Å². The molecular formula is C12H24N2. The number of piperazine rings is 1. The average Bonchev–Trinajstić information content (AvgIpc) is 2.18. The van der Waals surface area contributed by atoms with Crippen LogP contribution in [0.2, 0.25) is 0 Å². The number of hydrogen-bond donors (Lipinski definition) is 1. The second-order valence-corrected chi connectivity index (χ2v) is 5.30. The van der Waals surface area contributed by atoms with E-state index in [1.165, 1.54) is 45.3 Å². The Labute approximate surface area is 88.1 Å². The largest absolute Gasteiger partial charge is 0.311 e. The van der Waals surface area contributed by atoms with Gasteiger partial charge >= 0.3 is 0 Å². The van der Waals surface area contributed by atoms with E-state index in [0.29, 0.717) is 0 Å². The zero-order valence-electron chi connectivity index (χ0n) is 9.63. The predicted octanol–water partition coefficient (Wildman–Crippen LogP) is 1.86. The van der Waals surface area contributed by atoms with Crippen LogP contribution in [0.5, 0.6) is 0 Å². The molecule has 82 valence electrons. The number of hydrogen-bond acceptors (Lipinski definition) is 2. The smallest absolute Gasteiger partial charge is 0.0250 e. The fourth-order valence-corrected chi connectivity index (χ4v) is 3.04. The van der Waals surface area contributed by atoms with Crippen molar-refractivity contribution in [3.8, 4) is 0 Å². The summed E-state index contributed by atoms with van der Waals surface area (Å²) in [6, 6.07) is 1.65. The van der Waals surface area contributed by atoms with Crippen molar-refractivity contribution in [1.82, 2.24) is 10.2 Å². The third kappa shape index (κ3) is 2.29. The Bertz CT molecular complexity index is 177. The maximum atomic E-state index is 3.68. The third-order valence-corrected chi connectivity index (χ3v) is 3.60. The molecule has 1 saturated heterocycles. The third-order valence-electron chi connectivity index (χ3n) is 3.60. The van der Waals surface area contributed by atoms with Gasteiger partial charge in [-0.25, -0.2) is 0 Å². The van der Waals surface area contributed by atoms with Crippen LogP contribution in [0.1, 0.15) is 39.5 Å². The fraction of sp³-hybridized carbons (Fsp3) is 1.00. The summed E-state index contributed by atoms with van der Waals surface area (Å²) < 4.78 is 0. The SMILES string of the molecule is CC(C)CN1CCN[C@@H]2CCCC[C@H]21. The Morgan fingerprint density at radius 3 is 2.86 bits per heavy atom. The zero-order chi connectivity index (χ0) is 9.97. The summed E-state index contributed by atoms with van der Waals surface area (Å²) in [4.78, 5) is 2.73. The molecule has 0 aromatic heterocycles. The summed E-state index contributed by atoms with van der Waals surface area (Å²) >= 11 is 0. The van der Waals surface area contributed by atoms with Crippen molar-refractivity contribution in [2.24, 2.45) is 5.92 Å². The summed E-state index contributed by atoms with van der Waals surface area (Å²) in [6.45, 7) is 8.43. The van der Waals surface area contributed by atoms with E-state index in [1.54, 1.807) is 0 Å². The Hall–Kier alpha value is -0.0800. The molecule has 0 radical (unpaired) electrons. The molecule has 2 rings (SSSR count). The monoisotopic (exact) mass is 196 g/mol. The lowest BCUT2D eigenvalue weighted by molar-refractivity contribution is 0.0776. The molecule has 0 aromatic carbocycles. The van der Waals surface area contributed by atoms with Crippen LogP contribution >= 0.6 is 0 Å². The van der Waals surface area contributed by atoms with Crippen LogP contribution < -0.4 is 5.32 Å². The highest BCUT2D eigenvalue weighted by Crippen LogP contribution is 2.25. The normalized spacial score (nSPS) is 34.5. The van der Waals surface area contributed by atoms with Crippen molar-refractivity contribution in [2.45, 2.75) is 51.6 Å². The van der Waals surface area contributed by atoms with Gasteiger partial charge in [0.2, 0.25) is 0 Å². The van der Waals surface area contributed by atoms with Gasteiger partial charge in [0.05, 0.1) is 0 Å². The maximum absolute atomic E-state index is 3.68. The molecular weight excluding hydrogens is 172 g/mol. The van der Waals surface area contributed by atoms with Gasteiger partial charge < -0.3 is 5.32 Å². The molecule has 0 spiro atoms. The van der Waals surface area contributed by atoms with Gasteiger partial charge in [0, 0.05) is 31.7 Å². The first kappa shape index (κ1) is 10.4. The lowest BCUT2D eigenvalue weighted by atomic mass is 9.87. The van der Waals surface area contributed by atoms with E-state index >= 15 is 0 Å². The first-order valence-corrected chi connectivity index (χ1v) is 6.25. The van der Waals surface area contributed by atoms with E-state index in [4.69, 9.17) is 0 Å². The van der Waals surface area contributed by atoms with Crippen LogP contribution in [0.25, 0.3) is 0 Å². The minimum absolute atomic E-state index is 0.802. The summed E-state index contributed by atoms with van der Waals surface area (Å²) in [5.74, 6) is 0.815. The van der Waals surface area contributed by atoms with Crippen LogP contribution in [0.15, 0.2) is 0 Å². The van der Waals surface area contributed by atoms with Crippen LogP contribution in [-0.4, -0.2) is 36.6 Å². The Balaban J connectivity index is 1.94. The lowest BCUT2D eigenvalue weighted by Crippen LogP contribution is -2.59. The molecule has 14 heavy (non-hydrogen) atoms. The molecule has 2 fully saturated rings. The number of fused-ring (bicyclic) bond motifs is 1. The highest BCUT2D eigenvalue weighted by molar-refractivity contribution is 4.92. The van der Waals surface area contributed by atoms with Gasteiger partial charge in [0.25, 0.3) is 0 Å².